The van der Waals surface area contributed by atoms with Crippen LogP contribution in [-0.2, 0) is 4.79 Å². The van der Waals surface area contributed by atoms with Crippen LogP contribution < -0.4 is 10.2 Å². The quantitative estimate of drug-likeness (QED) is 0.255. The van der Waals surface area contributed by atoms with Crippen LogP contribution in [0, 0.1) is 5.82 Å². The van der Waals surface area contributed by atoms with Gasteiger partial charge in [0.25, 0.3) is 0 Å². The van der Waals surface area contributed by atoms with E-state index in [1.807, 2.05) is 48.2 Å². The van der Waals surface area contributed by atoms with Crippen LogP contribution in [0.5, 0.6) is 0 Å². The van der Waals surface area contributed by atoms with Crippen molar-refractivity contribution >= 4 is 61.6 Å². The van der Waals surface area contributed by atoms with Gasteiger partial charge in [-0.05, 0) is 37.3 Å². The number of H-pyrrole nitrogens is 1. The first kappa shape index (κ1) is 24.8. The Hall–Kier alpha value is -4.33. The molecule has 14 heteroatoms. The van der Waals surface area contributed by atoms with E-state index in [-0.39, 0.29) is 5.82 Å². The van der Waals surface area contributed by atoms with Gasteiger partial charge < -0.3 is 15.3 Å². The van der Waals surface area contributed by atoms with Crippen LogP contribution in [-0.4, -0.2) is 48.9 Å². The molecule has 0 saturated heterocycles. The molecule has 3 aromatic heterocycles. The molecule has 0 atom stereocenters. The van der Waals surface area contributed by atoms with E-state index < -0.39 is 18.0 Å². The molecule has 5 aromatic rings. The minimum absolute atomic E-state index is 0.206. The Kier molecular flexibility index (Phi) is 6.96. The highest BCUT2D eigenvalue weighted by atomic mass is 32.1. The Morgan fingerprint density at radius 1 is 1.19 bits per heavy atom. The van der Waals surface area contributed by atoms with Gasteiger partial charge in [-0.25, -0.2) is 19.2 Å². The van der Waals surface area contributed by atoms with Gasteiger partial charge in [0.15, 0.2) is 11.6 Å². The Morgan fingerprint density at radius 2 is 1.97 bits per heavy atom. The predicted molar refractivity (Wildman–Crippen MR) is 127 cm³/mol. The first-order valence-corrected chi connectivity index (χ1v) is 11.2. The highest BCUT2D eigenvalue weighted by molar-refractivity contribution is 7.16. The summed E-state index contributed by atoms with van der Waals surface area (Å²) in [5.41, 5.74) is 5.27. The van der Waals surface area contributed by atoms with Crippen molar-refractivity contribution in [1.29, 1.82) is 0 Å². The summed E-state index contributed by atoms with van der Waals surface area (Å²) in [6, 6.07) is 11.6. The fourth-order valence-corrected chi connectivity index (χ4v) is 4.01. The molecule has 0 bridgehead atoms. The first-order chi connectivity index (χ1) is 17.2. The van der Waals surface area contributed by atoms with Crippen molar-refractivity contribution in [3.05, 3.63) is 60.1 Å². The number of carbonyl (C=O) groups is 1. The standard InChI is InChI=1S/C20H16FN7S.C2HF3O2/c1-2-28(17-5-3-4-15-13(17)9-24-27-15)19-14(21)10-22-20(26-19)25-12-6-7-16-18(8-12)29-11-23-16;3-2(4,5)1(6)7/h3-11H,2H2,1H3,(H,24,27)(H,22,25,26);(H,6,7). The van der Waals surface area contributed by atoms with E-state index in [1.165, 1.54) is 6.20 Å². The average Bonchev–Trinajstić information content (AvgIpc) is 3.51. The maximum atomic E-state index is 14.7. The number of aromatic nitrogens is 5. The van der Waals surface area contributed by atoms with Crippen LogP contribution in [0.2, 0.25) is 0 Å². The minimum atomic E-state index is -5.08. The number of aromatic amines is 1. The molecule has 0 unspecified atom stereocenters. The molecular weight excluding hydrogens is 502 g/mol. The number of alkyl halides is 3. The van der Waals surface area contributed by atoms with Gasteiger partial charge >= 0.3 is 12.1 Å². The Bertz CT molecular complexity index is 1520. The maximum absolute atomic E-state index is 14.7. The molecule has 36 heavy (non-hydrogen) atoms. The van der Waals surface area contributed by atoms with Crippen molar-refractivity contribution in [2.75, 3.05) is 16.8 Å². The molecule has 0 radical (unpaired) electrons. The molecule has 5 rings (SSSR count). The van der Waals surface area contributed by atoms with Crippen molar-refractivity contribution in [3.63, 3.8) is 0 Å². The van der Waals surface area contributed by atoms with Crippen LogP contribution in [0.15, 0.2) is 54.3 Å². The zero-order valence-corrected chi connectivity index (χ0v) is 19.2. The number of benzene rings is 2. The molecule has 9 nitrogen and oxygen atoms in total. The smallest absolute Gasteiger partial charge is 0.475 e. The van der Waals surface area contributed by atoms with Crippen LogP contribution in [0.3, 0.4) is 0 Å². The number of nitrogens with zero attached hydrogens (tertiary/aromatic N) is 5. The number of nitrogens with one attached hydrogen (secondary N) is 2. The number of halogens is 4. The minimum Gasteiger partial charge on any atom is -0.475 e. The number of aliphatic carboxylic acids is 1. The Morgan fingerprint density at radius 3 is 2.69 bits per heavy atom. The number of carboxylic acids is 1. The van der Waals surface area contributed by atoms with Crippen LogP contribution >= 0.6 is 11.3 Å². The summed E-state index contributed by atoms with van der Waals surface area (Å²) >= 11 is 1.56. The third-order valence-corrected chi connectivity index (χ3v) is 5.67. The average molecular weight is 519 g/mol. The van der Waals surface area contributed by atoms with Gasteiger partial charge in [0.1, 0.15) is 0 Å². The summed E-state index contributed by atoms with van der Waals surface area (Å²) in [5, 5.41) is 18.2. The molecular formula is C22H17F4N7O2S. The summed E-state index contributed by atoms with van der Waals surface area (Å²) in [6.07, 6.45) is -2.16. The largest absolute Gasteiger partial charge is 0.490 e. The monoisotopic (exact) mass is 519 g/mol. The number of anilines is 4. The topological polar surface area (TPSA) is 120 Å². The molecule has 0 aliphatic heterocycles. The summed E-state index contributed by atoms with van der Waals surface area (Å²) in [4.78, 5) is 23.6. The van der Waals surface area contributed by atoms with Crippen molar-refractivity contribution < 1.29 is 27.5 Å². The van der Waals surface area contributed by atoms with E-state index in [2.05, 4.69) is 30.5 Å². The van der Waals surface area contributed by atoms with E-state index in [0.29, 0.717) is 12.5 Å². The lowest BCUT2D eigenvalue weighted by Crippen LogP contribution is -2.21. The summed E-state index contributed by atoms with van der Waals surface area (Å²) in [5.74, 6) is -2.72. The SMILES string of the molecule is CCN(c1nc(Nc2ccc3ncsc3c2)ncc1F)c1cccc2[nH]ncc12.O=C(O)C(F)(F)F. The lowest BCUT2D eigenvalue weighted by Gasteiger charge is -2.23. The molecule has 0 fully saturated rings. The number of rotatable bonds is 5. The zero-order chi connectivity index (χ0) is 25.9. The normalized spacial score (nSPS) is 11.2. The lowest BCUT2D eigenvalue weighted by atomic mass is 10.2. The van der Waals surface area contributed by atoms with Gasteiger partial charge in [0, 0.05) is 17.6 Å². The number of hydrogen-bond donors (Lipinski definition) is 3. The van der Waals surface area contributed by atoms with E-state index in [9.17, 15) is 17.6 Å². The third-order valence-electron chi connectivity index (χ3n) is 4.88. The number of carboxylic acid groups (broad SMARTS) is 1. The molecule has 0 aliphatic carbocycles. The molecule has 0 amide bonds. The van der Waals surface area contributed by atoms with Gasteiger partial charge in [-0.1, -0.05) is 6.07 Å². The molecule has 0 aliphatic rings. The van der Waals surface area contributed by atoms with E-state index >= 15 is 0 Å². The van der Waals surface area contributed by atoms with Crippen LogP contribution in [0.1, 0.15) is 6.92 Å². The van der Waals surface area contributed by atoms with Gasteiger partial charge in [-0.15, -0.1) is 11.3 Å². The van der Waals surface area contributed by atoms with E-state index in [1.54, 1.807) is 23.0 Å². The van der Waals surface area contributed by atoms with Crippen LogP contribution in [0.25, 0.3) is 21.1 Å². The molecule has 0 saturated carbocycles. The van der Waals surface area contributed by atoms with E-state index in [0.717, 1.165) is 32.5 Å². The Labute approximate surface area is 204 Å². The predicted octanol–water partition coefficient (Wildman–Crippen LogP) is 5.64. The highest BCUT2D eigenvalue weighted by Crippen LogP contribution is 2.32. The third kappa shape index (κ3) is 5.33. The van der Waals surface area contributed by atoms with Crippen molar-refractivity contribution in [2.45, 2.75) is 13.1 Å². The second-order valence-electron chi connectivity index (χ2n) is 7.18. The molecule has 2 aromatic carbocycles. The first-order valence-electron chi connectivity index (χ1n) is 10.3. The fourth-order valence-electron chi connectivity index (χ4n) is 3.29. The van der Waals surface area contributed by atoms with Crippen LogP contribution in [0.4, 0.5) is 40.7 Å². The number of hydrogen-bond acceptors (Lipinski definition) is 8. The van der Waals surface area contributed by atoms with Gasteiger partial charge in [-0.2, -0.15) is 23.3 Å². The van der Waals surface area contributed by atoms with Gasteiger partial charge in [0.2, 0.25) is 5.95 Å². The second kappa shape index (κ2) is 10.1. The lowest BCUT2D eigenvalue weighted by molar-refractivity contribution is -0.192. The van der Waals surface area contributed by atoms with Gasteiger partial charge in [0.05, 0.1) is 39.3 Å². The maximum Gasteiger partial charge on any atom is 0.490 e. The molecule has 3 heterocycles. The van der Waals surface area contributed by atoms with Gasteiger partial charge in [-0.3, -0.25) is 5.10 Å². The summed E-state index contributed by atoms with van der Waals surface area (Å²) in [6.45, 7) is 2.48. The highest BCUT2D eigenvalue weighted by Gasteiger charge is 2.38. The summed E-state index contributed by atoms with van der Waals surface area (Å²) < 4.78 is 47.5. The van der Waals surface area contributed by atoms with Crippen molar-refractivity contribution in [2.24, 2.45) is 0 Å². The Balaban J connectivity index is 0.000000384. The molecule has 3 N–H and O–H groups in total. The fraction of sp³-hybridized carbons (Fsp3) is 0.136. The van der Waals surface area contributed by atoms with E-state index in [4.69, 9.17) is 9.90 Å². The molecule has 0 spiro atoms. The van der Waals surface area contributed by atoms with Crippen molar-refractivity contribution in [1.82, 2.24) is 25.1 Å². The number of fused-ring (bicyclic) bond motifs is 2. The summed E-state index contributed by atoms with van der Waals surface area (Å²) in [7, 11) is 0. The molecule has 186 valence electrons. The number of thiazole rings is 1. The van der Waals surface area contributed by atoms with Crippen molar-refractivity contribution in [3.8, 4) is 0 Å². The zero-order valence-electron chi connectivity index (χ0n) is 18.4. The second-order valence-corrected chi connectivity index (χ2v) is 8.07.